The molecule has 0 unspecified atom stereocenters. The molecule has 0 rings (SSSR count). The monoisotopic (exact) mass is 184 g/mol. The van der Waals surface area contributed by atoms with Gasteiger partial charge in [0.2, 0.25) is 0 Å². The van der Waals surface area contributed by atoms with Crippen LogP contribution < -0.4 is 0 Å². The Morgan fingerprint density at radius 2 is 0.571 bits per heavy atom. The van der Waals surface area contributed by atoms with Gasteiger partial charge in [0, 0.05) is 0 Å². The Kier molecular flexibility index (Phi) is 10800. The summed E-state index contributed by atoms with van der Waals surface area (Å²) >= 11 is 3.03. The van der Waals surface area contributed by atoms with Crippen LogP contribution in [-0.2, 0) is 14.8 Å². The number of rotatable bonds is 0. The first kappa shape index (κ1) is 130. The number of hydrogen-bond acceptors (Lipinski definition) is 0. The van der Waals surface area contributed by atoms with Crippen LogP contribution in [-0.4, -0.2) is 27.4 Å². The van der Waals surface area contributed by atoms with E-state index in [1.807, 2.05) is 0 Å². The van der Waals surface area contributed by atoms with Gasteiger partial charge in [0.05, 0.1) is 0 Å². The van der Waals surface area contributed by atoms with Crippen LogP contribution in [0.5, 0.6) is 0 Å². The zero-order valence-electron chi connectivity index (χ0n) is 3.21. The first-order chi connectivity index (χ1) is 1.00. The summed E-state index contributed by atoms with van der Waals surface area (Å²) in [5.74, 6) is 0. The van der Waals surface area contributed by atoms with E-state index in [0.717, 1.165) is 0 Å². The van der Waals surface area contributed by atoms with E-state index in [4.69, 9.17) is 0 Å². The molecule has 0 saturated carbocycles. The van der Waals surface area contributed by atoms with Crippen molar-refractivity contribution in [2.24, 2.45) is 0 Å². The molecule has 0 spiro atoms. The van der Waals surface area contributed by atoms with Crippen molar-refractivity contribution in [2.75, 3.05) is 0 Å². The van der Waals surface area contributed by atoms with Crippen molar-refractivity contribution in [3.05, 3.63) is 0 Å². The molecule has 0 fully saturated rings. The summed E-state index contributed by atoms with van der Waals surface area (Å²) < 4.78 is 0. The molecule has 7 heteroatoms. The molecule has 5 nitrogen and oxygen atoms in total. The van der Waals surface area contributed by atoms with E-state index in [1.165, 1.54) is 0 Å². The van der Waals surface area contributed by atoms with Gasteiger partial charge in [-0.25, -0.2) is 0 Å². The third kappa shape index (κ3) is 392. The third-order valence-electron chi connectivity index (χ3n) is 0. The van der Waals surface area contributed by atoms with Crippen molar-refractivity contribution in [3.63, 3.8) is 0 Å². The zero-order valence-corrected chi connectivity index (χ0v) is 5.01. The van der Waals surface area contributed by atoms with Crippen molar-refractivity contribution in [1.29, 1.82) is 0 Å². The number of hydrogen-bond donors (Lipinski definition) is 0. The first-order valence-electron chi connectivity index (χ1n) is 0.126. The molecule has 0 bridgehead atoms. The molecule has 0 saturated heterocycles. The van der Waals surface area contributed by atoms with E-state index >= 15 is 0 Å². The van der Waals surface area contributed by atoms with Gasteiger partial charge in [-0.05, 0) is 0 Å². The van der Waals surface area contributed by atoms with Crippen LogP contribution in [0.2, 0.25) is 0 Å². The molecule has 0 aliphatic heterocycles. The van der Waals surface area contributed by atoms with Gasteiger partial charge in [-0.3, -0.25) is 0 Å². The van der Waals surface area contributed by atoms with Gasteiger partial charge in [-0.15, -0.1) is 0 Å². The Morgan fingerprint density at radius 3 is 0.571 bits per heavy atom. The van der Waals surface area contributed by atoms with Gasteiger partial charge in [0.15, 0.2) is 0 Å². The fraction of sp³-hybridized carbons (Fsp3) is 0. The van der Waals surface area contributed by atoms with E-state index in [9.17, 15) is 0 Å². The zero-order chi connectivity index (χ0) is 2.00. The Morgan fingerprint density at radius 1 is 0.571 bits per heavy atom. The molecule has 0 aliphatic carbocycles. The molecule has 56 valence electrons. The van der Waals surface area contributed by atoms with Crippen molar-refractivity contribution >= 4 is 10.1 Å². The minimum atomic E-state index is 0. The molecular formula is H10ClCoO5. The van der Waals surface area contributed by atoms with Gasteiger partial charge in [-0.1, -0.05) is 0 Å². The van der Waals surface area contributed by atoms with Gasteiger partial charge >= 0.3 is 25.0 Å². The normalized spacial score (nSPS) is 1.00. The predicted octanol–water partition coefficient (Wildman–Crippen LogP) is -3.44. The van der Waals surface area contributed by atoms with Gasteiger partial charge < -0.3 is 27.4 Å². The molecule has 0 aromatic carbocycles. The van der Waals surface area contributed by atoms with Crippen LogP contribution in [0.15, 0.2) is 0 Å². The van der Waals surface area contributed by atoms with E-state index in [2.05, 4.69) is 25.0 Å². The summed E-state index contributed by atoms with van der Waals surface area (Å²) in [6.45, 7) is 0. The fourth-order valence-electron chi connectivity index (χ4n) is 0. The fourth-order valence-corrected chi connectivity index (χ4v) is 0. The molecule has 0 aromatic heterocycles. The molecule has 0 aromatic rings. The van der Waals surface area contributed by atoms with Gasteiger partial charge in [-0.2, -0.15) is 0 Å². The molecule has 0 radical (unpaired) electrons. The van der Waals surface area contributed by atoms with E-state index in [1.54, 1.807) is 0 Å². The maximum atomic E-state index is 4.33. The number of halogens is 1. The van der Waals surface area contributed by atoms with Crippen LogP contribution in [0, 0.1) is 0 Å². The molecule has 0 heterocycles. The average Bonchev–Trinajstić information content (AvgIpc) is 1.00. The first-order valence-corrected chi connectivity index (χ1v) is 1.56. The molecule has 0 atom stereocenters. The van der Waals surface area contributed by atoms with E-state index in [0.29, 0.717) is 0 Å². The second kappa shape index (κ2) is 581. The average molecular weight is 184 g/mol. The molecule has 0 amide bonds. The predicted molar refractivity (Wildman–Crippen MR) is 23.9 cm³/mol. The summed E-state index contributed by atoms with van der Waals surface area (Å²) in [6, 6.07) is 0. The Bertz CT molecular complexity index is 8.04. The molecule has 0 aliphatic rings. The van der Waals surface area contributed by atoms with Crippen molar-refractivity contribution in [3.8, 4) is 0 Å². The summed E-state index contributed by atoms with van der Waals surface area (Å²) in [4.78, 5) is 0. The van der Waals surface area contributed by atoms with E-state index in [-0.39, 0.29) is 27.4 Å². The van der Waals surface area contributed by atoms with Crippen LogP contribution in [0.1, 0.15) is 0 Å². The van der Waals surface area contributed by atoms with Gasteiger partial charge in [0.25, 0.3) is 0 Å². The molecule has 10 N–H and O–H groups in total. The summed E-state index contributed by atoms with van der Waals surface area (Å²) in [5, 5.41) is 0. The maximum absolute atomic E-state index is 4.33. The molecular weight excluding hydrogens is 174 g/mol. The molecule has 7 heavy (non-hydrogen) atoms. The van der Waals surface area contributed by atoms with Crippen LogP contribution in [0.4, 0.5) is 0 Å². The SMILES string of the molecule is O.O.O.O.O.[Cl][Co]. The van der Waals surface area contributed by atoms with Gasteiger partial charge in [0.1, 0.15) is 0 Å². The quantitative estimate of drug-likeness (QED) is 0.367. The third-order valence-corrected chi connectivity index (χ3v) is 0. The van der Waals surface area contributed by atoms with Crippen LogP contribution in [0.3, 0.4) is 0 Å². The standard InChI is InChI=1S/ClH.Co.5H2O/h1H;;5*1H2/q;+1;;;;;/p-1. The topological polar surface area (TPSA) is 158 Å². The summed E-state index contributed by atoms with van der Waals surface area (Å²) in [6.07, 6.45) is 0. The Hall–Kier alpha value is 0.596. The van der Waals surface area contributed by atoms with Crippen molar-refractivity contribution in [2.45, 2.75) is 0 Å². The Balaban J connectivity index is -0.000000000500. The van der Waals surface area contributed by atoms with Crippen molar-refractivity contribution in [1.82, 2.24) is 0 Å². The second-order valence-electron chi connectivity index (χ2n) is 0. The summed E-state index contributed by atoms with van der Waals surface area (Å²) in [7, 11) is 4.33. The van der Waals surface area contributed by atoms with Crippen LogP contribution in [0.25, 0.3) is 0 Å². The van der Waals surface area contributed by atoms with Crippen LogP contribution >= 0.6 is 10.1 Å². The Labute approximate surface area is 53.0 Å². The van der Waals surface area contributed by atoms with E-state index < -0.39 is 0 Å². The minimum absolute atomic E-state index is 0. The van der Waals surface area contributed by atoms with Crippen molar-refractivity contribution < 1.29 is 42.2 Å². The summed E-state index contributed by atoms with van der Waals surface area (Å²) in [5.41, 5.74) is 0. The second-order valence-corrected chi connectivity index (χ2v) is 0.